The fraction of sp³-hybridized carbons (Fsp3) is 0.167. The van der Waals surface area contributed by atoms with E-state index in [1.165, 1.54) is 24.3 Å². The van der Waals surface area contributed by atoms with E-state index in [0.717, 1.165) is 15.8 Å². The highest BCUT2D eigenvalue weighted by Gasteiger charge is 2.52. The molecule has 1 unspecified atom stereocenters. The van der Waals surface area contributed by atoms with Crippen molar-refractivity contribution in [1.82, 2.24) is 4.90 Å². The third-order valence-corrected chi connectivity index (χ3v) is 9.51. The van der Waals surface area contributed by atoms with Crippen molar-refractivity contribution in [3.05, 3.63) is 108 Å². The van der Waals surface area contributed by atoms with Crippen molar-refractivity contribution < 1.29 is 32.6 Å². The Labute approximate surface area is 247 Å². The van der Waals surface area contributed by atoms with Crippen molar-refractivity contribution in [1.29, 1.82) is 0 Å². The summed E-state index contributed by atoms with van der Waals surface area (Å²) in [6.07, 6.45) is -3.33. The van der Waals surface area contributed by atoms with E-state index in [-0.39, 0.29) is 17.9 Å². The number of fused-ring (bicyclic) bond motifs is 2. The number of carbonyl (C=O) groups excluding carboxylic acids is 2. The second-order valence-corrected chi connectivity index (χ2v) is 12.6. The first-order chi connectivity index (χ1) is 20.0. The Morgan fingerprint density at radius 3 is 2.26 bits per heavy atom. The average Bonchev–Trinajstić information content (AvgIpc) is 2.96. The van der Waals surface area contributed by atoms with Gasteiger partial charge in [-0.3, -0.25) is 14.5 Å². The fourth-order valence-corrected chi connectivity index (χ4v) is 6.91. The summed E-state index contributed by atoms with van der Waals surface area (Å²) in [4.78, 5) is 35.7. The number of hydrogen-bond donors (Lipinski definition) is 4. The van der Waals surface area contributed by atoms with E-state index in [4.69, 9.17) is 10.5 Å². The Hall–Kier alpha value is -4.39. The Balaban J connectivity index is 1.61. The number of nitrogens with zero attached hydrogens (tertiary/aromatic N) is 1. The monoisotopic (exact) mass is 605 g/mol. The van der Waals surface area contributed by atoms with Gasteiger partial charge in [-0.05, 0) is 51.7 Å². The summed E-state index contributed by atoms with van der Waals surface area (Å²) >= 11 is 3.69. The first-order valence-corrected chi connectivity index (χ1v) is 14.8. The summed E-state index contributed by atoms with van der Waals surface area (Å²) < 4.78 is 33.8. The van der Waals surface area contributed by atoms with Crippen LogP contribution in [0.1, 0.15) is 16.7 Å². The lowest BCUT2D eigenvalue weighted by Gasteiger charge is -2.40. The highest BCUT2D eigenvalue weighted by Crippen LogP contribution is 2.33. The van der Waals surface area contributed by atoms with Crippen LogP contribution in [-0.2, 0) is 38.8 Å². The van der Waals surface area contributed by atoms with Crippen molar-refractivity contribution in [3.63, 3.8) is 0 Å². The number of ether oxygens (including phenoxy) is 1. The number of amides is 2. The third kappa shape index (κ3) is 5.69. The molecule has 2 amide bonds. The average molecular weight is 606 g/mol. The van der Waals surface area contributed by atoms with Crippen LogP contribution < -0.4 is 11.1 Å². The predicted molar refractivity (Wildman–Crippen MR) is 160 cm³/mol. The molecule has 0 aliphatic carbocycles. The van der Waals surface area contributed by atoms with Gasteiger partial charge in [0.05, 0.1) is 4.90 Å². The van der Waals surface area contributed by atoms with E-state index < -0.39 is 44.7 Å². The van der Waals surface area contributed by atoms with E-state index in [1.807, 2.05) is 12.1 Å². The van der Waals surface area contributed by atoms with E-state index in [9.17, 15) is 27.9 Å². The van der Waals surface area contributed by atoms with Gasteiger partial charge in [0, 0.05) is 25.1 Å². The first-order valence-electron chi connectivity index (χ1n) is 12.9. The Kier molecular flexibility index (Phi) is 7.95. The number of benzene rings is 4. The number of rotatable bonds is 7. The van der Waals surface area contributed by atoms with E-state index >= 15 is 0 Å². The molecule has 4 aromatic rings. The van der Waals surface area contributed by atoms with Crippen molar-refractivity contribution in [2.75, 3.05) is 5.32 Å². The second kappa shape index (κ2) is 11.5. The zero-order chi connectivity index (χ0) is 30.1. The van der Waals surface area contributed by atoms with Gasteiger partial charge in [-0.15, -0.1) is 0 Å². The van der Waals surface area contributed by atoms with Crippen LogP contribution in [0.25, 0.3) is 10.8 Å². The third-order valence-electron chi connectivity index (χ3n) is 7.24. The highest BCUT2D eigenvalue weighted by atomic mass is 32.2. The molecule has 1 aliphatic rings. The van der Waals surface area contributed by atoms with E-state index in [0.29, 0.717) is 22.2 Å². The summed E-state index contributed by atoms with van der Waals surface area (Å²) in [7, 11) is -4.60. The predicted octanol–water partition coefficient (Wildman–Crippen LogP) is 4.58. The molecular formula is C30H27N3O7S2. The van der Waals surface area contributed by atoms with Crippen LogP contribution in [0, 0.1) is 0 Å². The minimum Gasteiger partial charge on any atom is -0.450 e. The molecule has 4 aromatic carbocycles. The molecule has 1 heterocycles. The van der Waals surface area contributed by atoms with Crippen molar-refractivity contribution in [2.24, 2.45) is 5.73 Å². The normalized spacial score (nSPS) is 16.2. The minimum atomic E-state index is -4.60. The smallest absolute Gasteiger partial charge is 0.450 e. The lowest BCUT2D eigenvalue weighted by molar-refractivity contribution is -0.147. The Bertz CT molecular complexity index is 1790. The number of nitrogens with two attached hydrogens (primary N) is 1. The number of nitrogens with one attached hydrogen (secondary N) is 1. The van der Waals surface area contributed by atoms with Crippen LogP contribution in [0.15, 0.2) is 95.9 Å². The SMILES string of the molecule is N[C@@](Cc1ccc(NC(=O)S)cc1)(C(=O)N1Cc2ccccc2CC1OC(=O)O)S(=O)(=O)c1ccc2ccccc2c1. The van der Waals surface area contributed by atoms with Gasteiger partial charge in [-0.2, -0.15) is 0 Å². The molecular weight excluding hydrogens is 578 g/mol. The van der Waals surface area contributed by atoms with Gasteiger partial charge in [0.15, 0.2) is 6.23 Å². The van der Waals surface area contributed by atoms with Crippen LogP contribution in [0.5, 0.6) is 0 Å². The summed E-state index contributed by atoms with van der Waals surface area (Å²) in [5, 5.41) is 12.8. The molecule has 0 bridgehead atoms. The first kappa shape index (κ1) is 29.1. The van der Waals surface area contributed by atoms with E-state index in [2.05, 4.69) is 17.9 Å². The zero-order valence-corrected chi connectivity index (χ0v) is 23.8. The number of carboxylic acid groups (broad SMARTS) is 1. The molecule has 10 nitrogen and oxygen atoms in total. The fourth-order valence-electron chi connectivity index (χ4n) is 5.12. The molecule has 0 saturated carbocycles. The standard InChI is InChI=1S/C30H27N3O7S2/c31-30(17-19-9-12-24(13-10-19)32-28(35)41,42(38,39)25-14-11-20-5-1-2-6-21(20)15-25)27(34)33-18-23-8-4-3-7-22(23)16-26(33)40-29(36)37/h1-15,26H,16-18,31H2,(H,36,37)(H2,32,35,41)/t26?,30-/m1/s1. The van der Waals surface area contributed by atoms with E-state index in [1.54, 1.807) is 54.6 Å². The molecule has 12 heteroatoms. The van der Waals surface area contributed by atoms with Crippen LogP contribution in [0.4, 0.5) is 15.3 Å². The summed E-state index contributed by atoms with van der Waals surface area (Å²) in [5.41, 5.74) is 9.01. The summed E-state index contributed by atoms with van der Waals surface area (Å²) in [5.74, 6) is -1.01. The van der Waals surface area contributed by atoms with Crippen LogP contribution >= 0.6 is 12.6 Å². The molecule has 0 fully saturated rings. The van der Waals surface area contributed by atoms with Gasteiger partial charge < -0.3 is 20.9 Å². The maximum atomic E-state index is 14.4. The maximum absolute atomic E-state index is 14.4. The minimum absolute atomic E-state index is 0.0262. The maximum Gasteiger partial charge on any atom is 0.507 e. The number of thiol groups is 1. The quantitative estimate of drug-likeness (QED) is 0.176. The van der Waals surface area contributed by atoms with Crippen LogP contribution in [-0.4, -0.2) is 46.8 Å². The van der Waals surface area contributed by atoms with Crippen LogP contribution in [0.3, 0.4) is 0 Å². The van der Waals surface area contributed by atoms with Gasteiger partial charge in [0.1, 0.15) is 0 Å². The van der Waals surface area contributed by atoms with Gasteiger partial charge in [-0.1, -0.05) is 79.4 Å². The summed E-state index contributed by atoms with van der Waals surface area (Å²) in [6, 6.07) is 24.9. The van der Waals surface area contributed by atoms with Gasteiger partial charge in [0.25, 0.3) is 11.1 Å². The van der Waals surface area contributed by atoms with Crippen LogP contribution in [0.2, 0.25) is 0 Å². The largest absolute Gasteiger partial charge is 0.507 e. The van der Waals surface area contributed by atoms with Gasteiger partial charge in [0.2, 0.25) is 14.7 Å². The molecule has 5 rings (SSSR count). The van der Waals surface area contributed by atoms with Crippen molar-refractivity contribution in [2.45, 2.75) is 35.4 Å². The Morgan fingerprint density at radius 1 is 0.952 bits per heavy atom. The van der Waals surface area contributed by atoms with Crippen molar-refractivity contribution >= 4 is 56.2 Å². The second-order valence-electron chi connectivity index (χ2n) is 9.95. The number of anilines is 1. The number of carbonyl (C=O) groups is 3. The Morgan fingerprint density at radius 2 is 1.60 bits per heavy atom. The number of sulfone groups is 1. The van der Waals surface area contributed by atoms with Gasteiger partial charge >= 0.3 is 6.16 Å². The summed E-state index contributed by atoms with van der Waals surface area (Å²) in [6.45, 7) is -0.105. The number of hydrogen-bond acceptors (Lipinski definition) is 7. The van der Waals surface area contributed by atoms with Crippen molar-refractivity contribution in [3.8, 4) is 0 Å². The molecule has 1 aliphatic heterocycles. The molecule has 0 aromatic heterocycles. The molecule has 216 valence electrons. The molecule has 0 saturated heterocycles. The topological polar surface area (TPSA) is 156 Å². The molecule has 42 heavy (non-hydrogen) atoms. The molecule has 4 N–H and O–H groups in total. The van der Waals surface area contributed by atoms with Gasteiger partial charge in [-0.25, -0.2) is 13.2 Å². The lowest BCUT2D eigenvalue weighted by atomic mass is 9.97. The molecule has 0 spiro atoms. The lowest BCUT2D eigenvalue weighted by Crippen LogP contribution is -2.64. The molecule has 0 radical (unpaired) electrons. The molecule has 2 atom stereocenters. The zero-order valence-electron chi connectivity index (χ0n) is 22.1. The highest BCUT2D eigenvalue weighted by molar-refractivity contribution is 7.96.